The number of ether oxygens (including phenoxy) is 3. The normalized spacial score (nSPS) is 26.8. The van der Waals surface area contributed by atoms with Gasteiger partial charge in [-0.2, -0.15) is 0 Å². The van der Waals surface area contributed by atoms with E-state index < -0.39 is 0 Å². The largest absolute Gasteiger partial charge is 0.495 e. The summed E-state index contributed by atoms with van der Waals surface area (Å²) in [5, 5.41) is 0.450. The summed E-state index contributed by atoms with van der Waals surface area (Å²) >= 11 is 6.16. The number of nitrogens with zero attached hydrogens (tertiary/aromatic N) is 1. The van der Waals surface area contributed by atoms with Gasteiger partial charge in [0.2, 0.25) is 0 Å². The van der Waals surface area contributed by atoms with Crippen molar-refractivity contribution in [1.29, 1.82) is 0 Å². The predicted molar refractivity (Wildman–Crippen MR) is 91.8 cm³/mol. The lowest BCUT2D eigenvalue weighted by Gasteiger charge is -2.50. The lowest BCUT2D eigenvalue weighted by Crippen LogP contribution is -2.58. The molecule has 2 saturated heterocycles. The Morgan fingerprint density at radius 1 is 1.46 bits per heavy atom. The average molecular weight is 354 g/mol. The summed E-state index contributed by atoms with van der Waals surface area (Å²) in [6.07, 6.45) is 3.06. The highest BCUT2D eigenvalue weighted by Gasteiger charge is 2.47. The first-order chi connectivity index (χ1) is 11.6. The number of rotatable bonds is 4. The van der Waals surface area contributed by atoms with Gasteiger partial charge in [0.25, 0.3) is 5.91 Å². The highest BCUT2D eigenvalue weighted by atomic mass is 35.5. The summed E-state index contributed by atoms with van der Waals surface area (Å²) in [5.74, 6) is 0.572. The molecule has 2 aliphatic rings. The molecule has 0 saturated carbocycles. The highest BCUT2D eigenvalue weighted by Crippen LogP contribution is 2.40. The molecule has 2 aliphatic heterocycles. The molecule has 24 heavy (non-hydrogen) atoms. The van der Waals surface area contributed by atoms with E-state index in [1.165, 1.54) is 0 Å². The molecule has 6 heteroatoms. The second-order valence-corrected chi connectivity index (χ2v) is 7.03. The van der Waals surface area contributed by atoms with E-state index in [0.29, 0.717) is 36.0 Å². The Morgan fingerprint density at radius 2 is 2.29 bits per heavy atom. The van der Waals surface area contributed by atoms with Crippen LogP contribution in [0.5, 0.6) is 5.75 Å². The smallest absolute Gasteiger partial charge is 0.253 e. The van der Waals surface area contributed by atoms with Crippen LogP contribution in [-0.2, 0) is 9.47 Å². The fourth-order valence-corrected chi connectivity index (χ4v) is 4.20. The lowest BCUT2D eigenvalue weighted by molar-refractivity contribution is -0.142. The first-order valence-corrected chi connectivity index (χ1v) is 8.71. The minimum absolute atomic E-state index is 0.000875. The number of halogens is 1. The quantitative estimate of drug-likeness (QED) is 0.834. The number of hydrogen-bond acceptors (Lipinski definition) is 4. The van der Waals surface area contributed by atoms with Crippen molar-refractivity contribution >= 4 is 17.5 Å². The number of carbonyl (C=O) groups excluding carboxylic acids is 1. The highest BCUT2D eigenvalue weighted by molar-refractivity contribution is 6.32. The van der Waals surface area contributed by atoms with Gasteiger partial charge in [0.1, 0.15) is 5.75 Å². The number of fused-ring (bicyclic) bond motifs is 1. The Kier molecular flexibility index (Phi) is 5.33. The molecular formula is C18H24ClNO4. The number of hydrogen-bond donors (Lipinski definition) is 0. The molecule has 0 radical (unpaired) electrons. The standard InChI is InChI=1S/C18H24ClNO4/c1-22-12-18-7-3-9-24-16(18)6-8-20(11-18)17(21)13-4-5-15(23-2)14(19)10-13/h4-5,10,16H,3,6-9,11-12H2,1-2H3/t16-,18-/m1/s1. The van der Waals surface area contributed by atoms with Crippen LogP contribution < -0.4 is 4.74 Å². The second-order valence-electron chi connectivity index (χ2n) is 6.62. The van der Waals surface area contributed by atoms with Gasteiger partial charge in [-0.15, -0.1) is 0 Å². The maximum Gasteiger partial charge on any atom is 0.253 e. The minimum atomic E-state index is -0.100. The van der Waals surface area contributed by atoms with Crippen LogP contribution in [0.4, 0.5) is 0 Å². The molecule has 0 spiro atoms. The summed E-state index contributed by atoms with van der Waals surface area (Å²) in [6.45, 7) is 2.77. The van der Waals surface area contributed by atoms with E-state index in [4.69, 9.17) is 25.8 Å². The topological polar surface area (TPSA) is 48.0 Å². The van der Waals surface area contributed by atoms with Gasteiger partial charge in [0.15, 0.2) is 0 Å². The summed E-state index contributed by atoms with van der Waals surface area (Å²) in [6, 6.07) is 5.17. The van der Waals surface area contributed by atoms with Crippen molar-refractivity contribution in [1.82, 2.24) is 4.90 Å². The van der Waals surface area contributed by atoms with Crippen LogP contribution in [-0.4, -0.2) is 57.4 Å². The second kappa shape index (κ2) is 7.30. The molecule has 3 rings (SSSR count). The summed E-state index contributed by atoms with van der Waals surface area (Å²) in [5.41, 5.74) is 0.487. The number of piperidine rings is 1. The molecule has 132 valence electrons. The number of likely N-dealkylation sites (tertiary alicyclic amines) is 1. The van der Waals surface area contributed by atoms with E-state index >= 15 is 0 Å². The van der Waals surface area contributed by atoms with Crippen molar-refractivity contribution in [3.63, 3.8) is 0 Å². The molecule has 0 aliphatic carbocycles. The zero-order chi connectivity index (χ0) is 17.2. The molecule has 0 bridgehead atoms. The SMILES string of the molecule is COC[C@]12CCCO[C@@H]1CCN(C(=O)c1ccc(OC)c(Cl)c1)C2. The maximum absolute atomic E-state index is 12.9. The molecule has 1 aromatic carbocycles. The number of carbonyl (C=O) groups is 1. The maximum atomic E-state index is 12.9. The Hall–Kier alpha value is -1.30. The van der Waals surface area contributed by atoms with Gasteiger partial charge >= 0.3 is 0 Å². The summed E-state index contributed by atoms with van der Waals surface area (Å²) < 4.78 is 16.6. The van der Waals surface area contributed by atoms with Crippen molar-refractivity contribution < 1.29 is 19.0 Å². The van der Waals surface area contributed by atoms with Gasteiger partial charge < -0.3 is 19.1 Å². The zero-order valence-corrected chi connectivity index (χ0v) is 15.0. The van der Waals surface area contributed by atoms with Gasteiger partial charge in [-0.1, -0.05) is 11.6 Å². The molecule has 2 fully saturated rings. The van der Waals surface area contributed by atoms with Crippen LogP contribution in [0.2, 0.25) is 5.02 Å². The van der Waals surface area contributed by atoms with Crippen LogP contribution in [0.25, 0.3) is 0 Å². The van der Waals surface area contributed by atoms with E-state index in [9.17, 15) is 4.79 Å². The molecule has 1 amide bonds. The van der Waals surface area contributed by atoms with Crippen molar-refractivity contribution in [3.05, 3.63) is 28.8 Å². The van der Waals surface area contributed by atoms with Crippen molar-refractivity contribution in [2.45, 2.75) is 25.4 Å². The first-order valence-electron chi connectivity index (χ1n) is 8.33. The van der Waals surface area contributed by atoms with E-state index in [2.05, 4.69) is 0 Å². The fraction of sp³-hybridized carbons (Fsp3) is 0.611. The molecule has 1 aromatic rings. The Labute approximate surface area is 147 Å². The van der Waals surface area contributed by atoms with Crippen LogP contribution in [0, 0.1) is 5.41 Å². The van der Waals surface area contributed by atoms with Crippen LogP contribution in [0.15, 0.2) is 18.2 Å². The monoisotopic (exact) mass is 353 g/mol. The molecule has 5 nitrogen and oxygen atoms in total. The van der Waals surface area contributed by atoms with Gasteiger partial charge in [-0.05, 0) is 37.5 Å². The molecule has 0 unspecified atom stereocenters. The third-order valence-corrected chi connectivity index (χ3v) is 5.40. The van der Waals surface area contributed by atoms with E-state index in [0.717, 1.165) is 25.9 Å². The number of methoxy groups -OCH3 is 2. The molecule has 2 heterocycles. The molecule has 0 aromatic heterocycles. The predicted octanol–water partition coefficient (Wildman–Crippen LogP) is 3.01. The number of benzene rings is 1. The minimum Gasteiger partial charge on any atom is -0.495 e. The molecule has 0 N–H and O–H groups in total. The van der Waals surface area contributed by atoms with Crippen molar-refractivity contribution in [2.24, 2.45) is 5.41 Å². The van der Waals surface area contributed by atoms with Gasteiger partial charge in [-0.3, -0.25) is 4.79 Å². The lowest BCUT2D eigenvalue weighted by atomic mass is 9.73. The van der Waals surface area contributed by atoms with Crippen LogP contribution in [0.3, 0.4) is 0 Å². The Balaban J connectivity index is 1.79. The first kappa shape index (κ1) is 17.5. The third-order valence-electron chi connectivity index (χ3n) is 5.11. The van der Waals surface area contributed by atoms with E-state index in [-0.39, 0.29) is 17.4 Å². The van der Waals surface area contributed by atoms with Crippen LogP contribution in [0.1, 0.15) is 29.6 Å². The average Bonchev–Trinajstić information content (AvgIpc) is 2.60. The molecular weight excluding hydrogens is 330 g/mol. The Bertz CT molecular complexity index is 605. The van der Waals surface area contributed by atoms with Gasteiger partial charge in [0, 0.05) is 37.8 Å². The van der Waals surface area contributed by atoms with E-state index in [1.807, 2.05) is 4.90 Å². The summed E-state index contributed by atoms with van der Waals surface area (Å²) in [7, 11) is 3.27. The van der Waals surface area contributed by atoms with Gasteiger partial charge in [0.05, 0.1) is 24.8 Å². The summed E-state index contributed by atoms with van der Waals surface area (Å²) in [4.78, 5) is 14.8. The van der Waals surface area contributed by atoms with E-state index in [1.54, 1.807) is 32.4 Å². The van der Waals surface area contributed by atoms with Crippen LogP contribution >= 0.6 is 11.6 Å². The molecule has 2 atom stereocenters. The Morgan fingerprint density at radius 3 is 3.00 bits per heavy atom. The number of amides is 1. The van der Waals surface area contributed by atoms with Crippen molar-refractivity contribution in [2.75, 3.05) is 40.5 Å². The third kappa shape index (κ3) is 3.25. The fourth-order valence-electron chi connectivity index (χ4n) is 3.94. The van der Waals surface area contributed by atoms with Crippen molar-refractivity contribution in [3.8, 4) is 5.75 Å². The van der Waals surface area contributed by atoms with Gasteiger partial charge in [-0.25, -0.2) is 0 Å². The zero-order valence-electron chi connectivity index (χ0n) is 14.2.